The smallest absolute Gasteiger partial charge is 0.145 e. The lowest BCUT2D eigenvalue weighted by molar-refractivity contribution is -0.0415. The van der Waals surface area contributed by atoms with Gasteiger partial charge in [-0.2, -0.15) is 0 Å². The van der Waals surface area contributed by atoms with E-state index in [9.17, 15) is 0 Å². The van der Waals surface area contributed by atoms with E-state index in [-0.39, 0.29) is 26.4 Å². The summed E-state index contributed by atoms with van der Waals surface area (Å²) in [6.07, 6.45) is 10.9. The molecule has 0 amide bonds. The van der Waals surface area contributed by atoms with E-state index in [0.29, 0.717) is 181 Å². The maximum absolute atomic E-state index is 6.39. The van der Waals surface area contributed by atoms with Crippen LogP contribution in [-0.2, 0) is 75.8 Å². The van der Waals surface area contributed by atoms with E-state index in [1.165, 1.54) is 0 Å². The molecule has 18 heteroatoms. The Morgan fingerprint density at radius 3 is 0.710 bits per heavy atom. The second kappa shape index (κ2) is 44.9. The van der Waals surface area contributed by atoms with Crippen molar-refractivity contribution in [3.63, 3.8) is 0 Å². The first-order chi connectivity index (χ1) is 30.6. The average Bonchev–Trinajstić information content (AvgIpc) is 3.28. The third-order valence-electron chi connectivity index (χ3n) is 7.90. The molecule has 0 aliphatic heterocycles. The van der Waals surface area contributed by atoms with Crippen LogP contribution < -0.4 is 9.47 Å². The highest BCUT2D eigenvalue weighted by Gasteiger charge is 2.20. The molecule has 1 aromatic rings. The van der Waals surface area contributed by atoms with Crippen LogP contribution in [0.25, 0.3) is 0 Å². The van der Waals surface area contributed by atoms with Gasteiger partial charge >= 0.3 is 0 Å². The quantitative estimate of drug-likeness (QED) is 0.0688. The van der Waals surface area contributed by atoms with Gasteiger partial charge in [0, 0.05) is 40.6 Å². The normalized spacial score (nSPS) is 11.4. The van der Waals surface area contributed by atoms with Crippen LogP contribution in [-0.4, -0.2) is 226 Å². The summed E-state index contributed by atoms with van der Waals surface area (Å²) in [7, 11) is 6.50. The number of terminal acetylenes is 2. The number of benzene rings is 1. The fourth-order valence-electron chi connectivity index (χ4n) is 4.76. The van der Waals surface area contributed by atoms with Gasteiger partial charge in [-0.3, -0.25) is 0 Å². The molecule has 0 aliphatic rings. The van der Waals surface area contributed by atoms with Crippen molar-refractivity contribution in [1.29, 1.82) is 0 Å². The Morgan fingerprint density at radius 2 is 0.516 bits per heavy atom. The molecule has 0 N–H and O–H groups in total. The number of hydrogen-bond acceptors (Lipinski definition) is 18. The van der Waals surface area contributed by atoms with Gasteiger partial charge < -0.3 is 85.3 Å². The molecule has 0 saturated carbocycles. The lowest BCUT2D eigenvalue weighted by Gasteiger charge is -2.23. The zero-order chi connectivity index (χ0) is 44.8. The predicted octanol–water partition coefficient (Wildman–Crippen LogP) is 1.93. The van der Waals surface area contributed by atoms with Gasteiger partial charge in [-0.25, -0.2) is 0 Å². The lowest BCUT2D eigenvalue weighted by Crippen LogP contribution is -2.31. The largest absolute Gasteiger partial charge is 0.484 e. The molecule has 358 valence electrons. The number of methoxy groups -OCH3 is 4. The van der Waals surface area contributed by atoms with E-state index in [2.05, 4.69) is 11.8 Å². The van der Waals surface area contributed by atoms with Gasteiger partial charge in [-0.05, 0) is 0 Å². The SMILES string of the molecule is C#Cc1cc(OC(COCCOCCOCCOC)COCCOCCOCCOC)c(C#C)cc1OC(COCCOCCOCCOC)COCCOCCOCCOC. The Morgan fingerprint density at radius 1 is 0.323 bits per heavy atom. The van der Waals surface area contributed by atoms with E-state index in [1.54, 1.807) is 40.6 Å². The van der Waals surface area contributed by atoms with Crippen molar-refractivity contribution >= 4 is 0 Å². The van der Waals surface area contributed by atoms with Crippen LogP contribution in [0.2, 0.25) is 0 Å². The molecule has 0 fully saturated rings. The van der Waals surface area contributed by atoms with E-state index in [4.69, 9.17) is 98.1 Å². The molecule has 0 spiro atoms. The van der Waals surface area contributed by atoms with Crippen molar-refractivity contribution in [2.45, 2.75) is 12.2 Å². The highest BCUT2D eigenvalue weighted by atomic mass is 16.6. The molecular formula is C44H74O18. The molecule has 0 radical (unpaired) electrons. The second-order valence-electron chi connectivity index (χ2n) is 12.8. The van der Waals surface area contributed by atoms with Crippen LogP contribution in [0.4, 0.5) is 0 Å². The Labute approximate surface area is 369 Å². The minimum Gasteiger partial charge on any atom is -0.484 e. The zero-order valence-corrected chi connectivity index (χ0v) is 37.6. The minimum absolute atomic E-state index is 0.182. The Hall–Kier alpha value is -2.70. The maximum atomic E-state index is 6.39. The van der Waals surface area contributed by atoms with Gasteiger partial charge in [-0.15, -0.1) is 12.8 Å². The topological polar surface area (TPSA) is 166 Å². The fraction of sp³-hybridized carbons (Fsp3) is 0.773. The van der Waals surface area contributed by atoms with Crippen LogP contribution in [0.3, 0.4) is 0 Å². The van der Waals surface area contributed by atoms with Gasteiger partial charge in [0.25, 0.3) is 0 Å². The second-order valence-corrected chi connectivity index (χ2v) is 12.8. The molecule has 0 aromatic heterocycles. The van der Waals surface area contributed by atoms with Crippen molar-refractivity contribution in [3.8, 4) is 36.2 Å². The Bertz CT molecular complexity index is 1070. The van der Waals surface area contributed by atoms with E-state index >= 15 is 0 Å². The first-order valence-electron chi connectivity index (χ1n) is 21.0. The monoisotopic (exact) mass is 890 g/mol. The maximum Gasteiger partial charge on any atom is 0.145 e. The number of hydrogen-bond donors (Lipinski definition) is 0. The van der Waals surface area contributed by atoms with Crippen molar-refractivity contribution in [1.82, 2.24) is 0 Å². The molecule has 1 rings (SSSR count). The summed E-state index contributed by atoms with van der Waals surface area (Å²) >= 11 is 0. The summed E-state index contributed by atoms with van der Waals surface area (Å²) in [5.41, 5.74) is 0.834. The van der Waals surface area contributed by atoms with Gasteiger partial charge in [0.2, 0.25) is 0 Å². The van der Waals surface area contributed by atoms with Crippen LogP contribution in [0.5, 0.6) is 11.5 Å². The van der Waals surface area contributed by atoms with E-state index in [1.807, 2.05) is 0 Å². The Balaban J connectivity index is 2.90. The molecule has 0 atom stereocenters. The van der Waals surface area contributed by atoms with Gasteiger partial charge in [0.05, 0.1) is 196 Å². The molecule has 0 aliphatic carbocycles. The van der Waals surface area contributed by atoms with Crippen LogP contribution >= 0.6 is 0 Å². The van der Waals surface area contributed by atoms with E-state index < -0.39 is 12.2 Å². The van der Waals surface area contributed by atoms with Crippen molar-refractivity contribution in [3.05, 3.63) is 23.3 Å². The van der Waals surface area contributed by atoms with Gasteiger partial charge in [0.15, 0.2) is 0 Å². The first-order valence-corrected chi connectivity index (χ1v) is 21.0. The minimum atomic E-state index is -0.554. The van der Waals surface area contributed by atoms with E-state index in [0.717, 1.165) is 0 Å². The third kappa shape index (κ3) is 33.8. The first kappa shape index (κ1) is 57.3. The summed E-state index contributed by atoms with van der Waals surface area (Å²) in [5.74, 6) is 6.13. The molecule has 0 heterocycles. The number of ether oxygens (including phenoxy) is 18. The predicted molar refractivity (Wildman–Crippen MR) is 228 cm³/mol. The van der Waals surface area contributed by atoms with Crippen molar-refractivity contribution in [2.75, 3.05) is 213 Å². The van der Waals surface area contributed by atoms with Gasteiger partial charge in [0.1, 0.15) is 23.7 Å². The van der Waals surface area contributed by atoms with Crippen LogP contribution in [0, 0.1) is 24.7 Å². The highest BCUT2D eigenvalue weighted by molar-refractivity contribution is 5.57. The molecular weight excluding hydrogens is 816 g/mol. The molecule has 0 unspecified atom stereocenters. The van der Waals surface area contributed by atoms with Crippen LogP contribution in [0.15, 0.2) is 12.1 Å². The molecule has 62 heavy (non-hydrogen) atoms. The zero-order valence-electron chi connectivity index (χ0n) is 37.6. The highest BCUT2D eigenvalue weighted by Crippen LogP contribution is 2.30. The standard InChI is InChI=1S/C44H74O18/c1-7-39-33-44(62-42(37-59-31-27-55-23-19-51-15-11-47-5)38-60-32-28-56-24-20-52-16-12-48-6)40(8-2)34-43(39)61-41(35-57-29-25-53-21-17-49-13-9-45-3)36-58-30-26-54-22-18-50-14-10-46-4/h1-2,33-34,41-42H,9-32,35-38H2,3-6H3. The summed E-state index contributed by atoms with van der Waals surface area (Å²) in [4.78, 5) is 0. The summed E-state index contributed by atoms with van der Waals surface area (Å²) in [5, 5.41) is 0. The molecule has 18 nitrogen and oxygen atoms in total. The van der Waals surface area contributed by atoms with Crippen molar-refractivity contribution in [2.24, 2.45) is 0 Å². The summed E-state index contributed by atoms with van der Waals surface area (Å²) < 4.78 is 100. The Kier molecular flexibility index (Phi) is 41.5. The molecule has 0 saturated heterocycles. The van der Waals surface area contributed by atoms with Gasteiger partial charge in [-0.1, -0.05) is 11.8 Å². The third-order valence-corrected chi connectivity index (χ3v) is 7.90. The van der Waals surface area contributed by atoms with Crippen molar-refractivity contribution < 1.29 is 85.3 Å². The molecule has 1 aromatic carbocycles. The average molecular weight is 891 g/mol. The van der Waals surface area contributed by atoms with Crippen LogP contribution in [0.1, 0.15) is 11.1 Å². The molecule has 0 bridgehead atoms. The summed E-state index contributed by atoms with van der Waals surface area (Å²) in [6.45, 7) is 11.2. The lowest BCUT2D eigenvalue weighted by atomic mass is 10.1. The fourth-order valence-corrected chi connectivity index (χ4v) is 4.76. The number of rotatable bonds is 48. The summed E-state index contributed by atoms with van der Waals surface area (Å²) in [6, 6.07) is 3.33.